The van der Waals surface area contributed by atoms with Gasteiger partial charge in [-0.05, 0) is 82.7 Å². The van der Waals surface area contributed by atoms with Crippen LogP contribution in [-0.4, -0.2) is 42.2 Å². The van der Waals surface area contributed by atoms with Crippen molar-refractivity contribution in [1.82, 2.24) is 10.9 Å². The van der Waals surface area contributed by atoms with Crippen molar-refractivity contribution in [3.63, 3.8) is 0 Å². The quantitative estimate of drug-likeness (QED) is 0.0388. The molecule has 5 rings (SSSR count). The van der Waals surface area contributed by atoms with Crippen LogP contribution in [0, 0.1) is 0 Å². The Labute approximate surface area is 290 Å². The average molecular weight is 763 g/mol. The van der Waals surface area contributed by atoms with Crippen LogP contribution in [0.1, 0.15) is 40.3 Å². The van der Waals surface area contributed by atoms with Gasteiger partial charge < -0.3 is 14.6 Å². The minimum Gasteiger partial charge on any atom is -0.494 e. The van der Waals surface area contributed by atoms with Crippen molar-refractivity contribution in [2.24, 2.45) is 10.1 Å². The van der Waals surface area contributed by atoms with Gasteiger partial charge in [-0.3, -0.25) is 10.2 Å². The number of rotatable bonds is 15. The second-order valence-corrected chi connectivity index (χ2v) is 12.8. The van der Waals surface area contributed by atoms with Crippen LogP contribution in [-0.2, 0) is 28.9 Å². The van der Waals surface area contributed by atoms with Crippen LogP contribution in [0.5, 0.6) is 5.75 Å². The Bertz CT molecular complexity index is 1730. The van der Waals surface area contributed by atoms with E-state index in [4.69, 9.17) is 25.1 Å². The lowest BCUT2D eigenvalue weighted by Crippen LogP contribution is -2.54. The van der Waals surface area contributed by atoms with Gasteiger partial charge in [0.15, 0.2) is 11.6 Å². The summed E-state index contributed by atoms with van der Waals surface area (Å²) in [4.78, 5) is 22.5. The number of aliphatic hydroxyl groups excluding tert-OH is 1. The van der Waals surface area contributed by atoms with E-state index in [-0.39, 0.29) is 25.5 Å². The van der Waals surface area contributed by atoms with Gasteiger partial charge in [0.05, 0.1) is 13.2 Å². The second-order valence-electron chi connectivity index (χ2n) is 10.9. The van der Waals surface area contributed by atoms with Gasteiger partial charge in [-0.25, -0.2) is 10.4 Å². The van der Waals surface area contributed by atoms with E-state index in [0.717, 1.165) is 25.6 Å². The molecule has 0 fully saturated rings. The molecule has 242 valence electrons. The van der Waals surface area contributed by atoms with E-state index in [9.17, 15) is 4.79 Å². The Kier molecular flexibility index (Phi) is 12.0. The third kappa shape index (κ3) is 8.79. The first-order valence-corrected chi connectivity index (χ1v) is 16.7. The number of nitrogens with one attached hydrogen (secondary N) is 2. The number of carbonyl (C=O) groups excluding carboxylic acids is 1. The van der Waals surface area contributed by atoms with E-state index in [2.05, 4.69) is 52.7 Å². The first-order valence-electron chi connectivity index (χ1n) is 15.1. The molecule has 1 heterocycles. The Hall–Kier alpha value is -4.19. The maximum atomic E-state index is 14.5. The molecule has 4 aromatic carbocycles. The molecule has 1 amide bonds. The number of hydrogen-bond donors (Lipinski definition) is 3. The molecule has 0 saturated carbocycles. The molecule has 0 saturated heterocycles. The van der Waals surface area contributed by atoms with Crippen LogP contribution < -0.4 is 15.6 Å². The maximum Gasteiger partial charge on any atom is 0.266 e. The van der Waals surface area contributed by atoms with Gasteiger partial charge in [-0.2, -0.15) is 0 Å². The van der Waals surface area contributed by atoms with E-state index in [1.165, 1.54) is 0 Å². The molecule has 2 atom stereocenters. The second kappa shape index (κ2) is 16.6. The normalized spacial score (nSPS) is 16.9. The third-order valence-corrected chi connectivity index (χ3v) is 8.77. The third-order valence-electron chi connectivity index (χ3n) is 7.71. The first kappa shape index (κ1) is 34.2. The number of ether oxygens (including phenoxy) is 2. The zero-order valence-electron chi connectivity index (χ0n) is 25.5. The molecule has 0 aliphatic carbocycles. The number of amides is 1. The lowest BCUT2D eigenvalue weighted by molar-refractivity contribution is -0.130. The highest BCUT2D eigenvalue weighted by Crippen LogP contribution is 2.44. The van der Waals surface area contributed by atoms with Gasteiger partial charge in [-0.15, -0.1) is 0 Å². The molecule has 12 heteroatoms. The van der Waals surface area contributed by atoms with Crippen molar-refractivity contribution in [3.05, 3.63) is 144 Å². The number of halogens is 2. The number of hydrogen-bond acceptors (Lipinski definition) is 7. The number of hydrazine groups is 1. The topological polar surface area (TPSA) is 141 Å². The van der Waals surface area contributed by atoms with Crippen molar-refractivity contribution >= 4 is 43.7 Å². The number of nitrogens with zero attached hydrogens (tertiary/aromatic N) is 4. The zero-order valence-corrected chi connectivity index (χ0v) is 28.7. The predicted molar refractivity (Wildman–Crippen MR) is 188 cm³/mol. The monoisotopic (exact) mass is 760 g/mol. The largest absolute Gasteiger partial charge is 0.494 e. The van der Waals surface area contributed by atoms with E-state index in [1.54, 1.807) is 0 Å². The van der Waals surface area contributed by atoms with Crippen LogP contribution in [0.4, 0.5) is 0 Å². The van der Waals surface area contributed by atoms with Crippen LogP contribution in [0.25, 0.3) is 10.4 Å². The molecule has 4 aromatic rings. The van der Waals surface area contributed by atoms with Crippen molar-refractivity contribution in [1.29, 1.82) is 0 Å². The summed E-state index contributed by atoms with van der Waals surface area (Å²) < 4.78 is 14.3. The molecule has 0 bridgehead atoms. The predicted octanol–water partition coefficient (Wildman–Crippen LogP) is 7.15. The summed E-state index contributed by atoms with van der Waals surface area (Å²) in [5.41, 5.74) is 17.8. The Morgan fingerprint density at radius 3 is 2.34 bits per heavy atom. The minimum absolute atomic E-state index is 0.0485. The maximum absolute atomic E-state index is 14.5. The lowest BCUT2D eigenvalue weighted by Gasteiger charge is -2.32. The van der Waals surface area contributed by atoms with Gasteiger partial charge in [0.1, 0.15) is 5.75 Å². The van der Waals surface area contributed by atoms with E-state index >= 15 is 0 Å². The molecule has 0 aromatic heterocycles. The SMILES string of the molecule is [N-]=[N+]=NCc1ccccc1[C@@H]1OC(c2ccc(OCCCO)cc2)=N[C@]1(Cc1ccc(Br)cc1)C(=O)NNCCc1ccc(Br)cc1. The molecular weight excluding hydrogens is 728 g/mol. The average Bonchev–Trinajstić information content (AvgIpc) is 3.48. The summed E-state index contributed by atoms with van der Waals surface area (Å²) in [6, 6.07) is 30.6. The van der Waals surface area contributed by atoms with Crippen molar-refractivity contribution in [2.45, 2.75) is 37.5 Å². The Morgan fingerprint density at radius 2 is 1.66 bits per heavy atom. The summed E-state index contributed by atoms with van der Waals surface area (Å²) in [7, 11) is 0. The minimum atomic E-state index is -1.43. The highest BCUT2D eigenvalue weighted by molar-refractivity contribution is 9.10. The van der Waals surface area contributed by atoms with E-state index < -0.39 is 11.6 Å². The van der Waals surface area contributed by atoms with Gasteiger partial charge in [0.2, 0.25) is 5.90 Å². The van der Waals surface area contributed by atoms with Crippen LogP contribution in [0.3, 0.4) is 0 Å². The fourth-order valence-corrected chi connectivity index (χ4v) is 5.85. The van der Waals surface area contributed by atoms with E-state index in [1.807, 2.05) is 97.1 Å². The molecule has 0 radical (unpaired) electrons. The highest BCUT2D eigenvalue weighted by Gasteiger charge is 2.53. The van der Waals surface area contributed by atoms with Crippen molar-refractivity contribution < 1.29 is 19.4 Å². The number of aliphatic hydroxyl groups is 1. The highest BCUT2D eigenvalue weighted by atomic mass is 79.9. The summed E-state index contributed by atoms with van der Waals surface area (Å²) in [5, 5.41) is 12.9. The van der Waals surface area contributed by atoms with Crippen molar-refractivity contribution in [2.75, 3.05) is 19.8 Å². The van der Waals surface area contributed by atoms with Gasteiger partial charge >= 0.3 is 0 Å². The molecule has 3 N–H and O–H groups in total. The summed E-state index contributed by atoms with van der Waals surface area (Å²) in [5.74, 6) is 0.585. The molecule has 47 heavy (non-hydrogen) atoms. The van der Waals surface area contributed by atoms with Crippen LogP contribution >= 0.6 is 31.9 Å². The van der Waals surface area contributed by atoms with E-state index in [0.29, 0.717) is 48.8 Å². The number of benzene rings is 4. The van der Waals surface area contributed by atoms with Crippen molar-refractivity contribution in [3.8, 4) is 5.75 Å². The van der Waals surface area contributed by atoms with Crippen LogP contribution in [0.2, 0.25) is 0 Å². The smallest absolute Gasteiger partial charge is 0.266 e. The van der Waals surface area contributed by atoms with Gasteiger partial charge in [0.25, 0.3) is 5.91 Å². The van der Waals surface area contributed by atoms with Crippen LogP contribution in [0.15, 0.2) is 116 Å². The molecule has 0 unspecified atom stereocenters. The number of aliphatic imine (C=N–C) groups is 1. The number of azide groups is 1. The summed E-state index contributed by atoms with van der Waals surface area (Å²) >= 11 is 6.97. The van der Waals surface area contributed by atoms with Gasteiger partial charge in [-0.1, -0.05) is 85.5 Å². The summed E-state index contributed by atoms with van der Waals surface area (Å²) in [6.07, 6.45) is 0.607. The fourth-order valence-electron chi connectivity index (χ4n) is 5.32. The lowest BCUT2D eigenvalue weighted by atomic mass is 9.81. The first-order chi connectivity index (χ1) is 22.9. The Balaban J connectivity index is 1.52. The summed E-state index contributed by atoms with van der Waals surface area (Å²) in [6.45, 7) is 1.02. The molecule has 1 aliphatic heterocycles. The molecule has 0 spiro atoms. The molecular formula is C35H34Br2N6O4. The van der Waals surface area contributed by atoms with Gasteiger partial charge in [0, 0.05) is 45.4 Å². The Morgan fingerprint density at radius 1 is 0.979 bits per heavy atom. The molecule has 10 nitrogen and oxygen atoms in total. The zero-order chi connectivity index (χ0) is 33.1. The molecule has 1 aliphatic rings. The fraction of sp³-hybridized carbons (Fsp3) is 0.257. The standard InChI is InChI=1S/C35H34Br2N6O4/c36-28-12-6-24(7-13-28)18-19-39-42-34(45)35(22-25-8-14-29(37)15-9-25)32(31-5-2-1-4-27(31)23-40-43-38)47-33(41-35)26-10-16-30(17-11-26)46-21-3-20-44/h1-2,4-17,32,39,44H,3,18-23H2,(H,42,45)/t32-,35-/m0/s1. The number of carbonyl (C=O) groups is 1.